The van der Waals surface area contributed by atoms with Crippen LogP contribution in [0.15, 0.2) is 36.8 Å². The molecule has 3 heterocycles. The van der Waals surface area contributed by atoms with Gasteiger partial charge in [-0.2, -0.15) is 5.10 Å². The third kappa shape index (κ3) is 5.23. The summed E-state index contributed by atoms with van der Waals surface area (Å²) in [5.74, 6) is 1.49. The second kappa shape index (κ2) is 10.2. The molecule has 1 aliphatic heterocycles. The second-order valence-electron chi connectivity index (χ2n) is 7.26. The molecule has 2 aliphatic rings. The molecule has 9 heteroatoms. The smallest absolute Gasteiger partial charge is 0.239 e. The van der Waals surface area contributed by atoms with Gasteiger partial charge in [0.2, 0.25) is 5.91 Å². The van der Waals surface area contributed by atoms with Crippen LogP contribution < -0.4 is 10.6 Å². The van der Waals surface area contributed by atoms with Crippen molar-refractivity contribution in [2.75, 3.05) is 31.5 Å². The molecule has 154 valence electrons. The minimum atomic E-state index is 0. The minimum absolute atomic E-state index is 0. The number of nitrogens with zero attached hydrogens (tertiary/aromatic N) is 4. The van der Waals surface area contributed by atoms with E-state index in [1.54, 1.807) is 12.4 Å². The maximum absolute atomic E-state index is 12.7. The first kappa shape index (κ1) is 22.6. The van der Waals surface area contributed by atoms with Crippen molar-refractivity contribution < 1.29 is 4.79 Å². The van der Waals surface area contributed by atoms with Gasteiger partial charge in [0, 0.05) is 44.1 Å². The lowest BCUT2D eigenvalue weighted by Crippen LogP contribution is -2.48. The maximum Gasteiger partial charge on any atom is 0.239 e. The molecule has 28 heavy (non-hydrogen) atoms. The molecule has 1 saturated carbocycles. The molecular formula is C19H28Cl2N6O. The van der Waals surface area contributed by atoms with Gasteiger partial charge in [0.05, 0.1) is 18.8 Å². The number of hydrogen-bond acceptors (Lipinski definition) is 5. The minimum Gasteiger partial charge on any atom is -0.314 e. The highest BCUT2D eigenvalue weighted by molar-refractivity contribution is 5.91. The largest absolute Gasteiger partial charge is 0.314 e. The number of rotatable bonds is 6. The molecule has 0 spiro atoms. The first-order valence-corrected chi connectivity index (χ1v) is 9.40. The lowest BCUT2D eigenvalue weighted by atomic mass is 10.1. The van der Waals surface area contributed by atoms with Crippen LogP contribution in [0.5, 0.6) is 0 Å². The van der Waals surface area contributed by atoms with E-state index in [4.69, 9.17) is 0 Å². The highest BCUT2D eigenvalue weighted by Gasteiger charge is 2.31. The predicted octanol–water partition coefficient (Wildman–Crippen LogP) is 2.68. The Bertz CT molecular complexity index is 752. The number of halogens is 2. The lowest BCUT2D eigenvalue weighted by molar-refractivity contribution is -0.118. The van der Waals surface area contributed by atoms with Crippen molar-refractivity contribution in [1.82, 2.24) is 25.0 Å². The number of aromatic nitrogens is 3. The molecule has 1 amide bonds. The zero-order chi connectivity index (χ0) is 17.9. The van der Waals surface area contributed by atoms with E-state index in [0.29, 0.717) is 18.5 Å². The molecule has 4 rings (SSSR count). The zero-order valence-electron chi connectivity index (χ0n) is 16.0. The molecule has 2 atom stereocenters. The quantitative estimate of drug-likeness (QED) is 0.742. The van der Waals surface area contributed by atoms with Gasteiger partial charge in [-0.1, -0.05) is 6.07 Å². The molecule has 2 fully saturated rings. The highest BCUT2D eigenvalue weighted by Crippen LogP contribution is 2.40. The fourth-order valence-electron chi connectivity index (χ4n) is 3.72. The molecule has 2 aromatic heterocycles. The molecule has 1 saturated heterocycles. The van der Waals surface area contributed by atoms with Gasteiger partial charge in [0.1, 0.15) is 5.82 Å². The van der Waals surface area contributed by atoms with E-state index >= 15 is 0 Å². The molecule has 2 N–H and O–H groups in total. The normalized spacial score (nSPS) is 20.5. The van der Waals surface area contributed by atoms with Crippen molar-refractivity contribution in [1.29, 1.82) is 0 Å². The fraction of sp³-hybridized carbons (Fsp3) is 0.526. The van der Waals surface area contributed by atoms with Crippen LogP contribution in [0.2, 0.25) is 0 Å². The molecule has 0 bridgehead atoms. The summed E-state index contributed by atoms with van der Waals surface area (Å²) in [6.45, 7) is 5.10. The first-order valence-electron chi connectivity index (χ1n) is 9.40. The van der Waals surface area contributed by atoms with E-state index in [2.05, 4.69) is 38.6 Å². The summed E-state index contributed by atoms with van der Waals surface area (Å²) in [6.07, 6.45) is 7.93. The Morgan fingerprint density at radius 3 is 2.86 bits per heavy atom. The van der Waals surface area contributed by atoms with Crippen LogP contribution in [0.1, 0.15) is 37.4 Å². The third-order valence-corrected chi connectivity index (χ3v) is 5.40. The molecule has 2 aromatic rings. The Balaban J connectivity index is 0.00000140. The number of piperazine rings is 1. The van der Waals surface area contributed by atoms with Crippen LogP contribution in [0.25, 0.3) is 0 Å². The van der Waals surface area contributed by atoms with E-state index in [1.807, 2.05) is 23.0 Å². The Morgan fingerprint density at radius 1 is 1.32 bits per heavy atom. The number of amides is 1. The summed E-state index contributed by atoms with van der Waals surface area (Å²) in [4.78, 5) is 19.1. The first-order chi connectivity index (χ1) is 12.7. The van der Waals surface area contributed by atoms with Gasteiger partial charge in [-0.15, -0.1) is 24.8 Å². The number of anilines is 1. The van der Waals surface area contributed by atoms with E-state index in [9.17, 15) is 4.79 Å². The van der Waals surface area contributed by atoms with Gasteiger partial charge in [0.15, 0.2) is 0 Å². The molecule has 0 radical (unpaired) electrons. The van der Waals surface area contributed by atoms with E-state index in [-0.39, 0.29) is 36.8 Å². The molecular weight excluding hydrogens is 399 g/mol. The van der Waals surface area contributed by atoms with E-state index in [0.717, 1.165) is 31.0 Å². The van der Waals surface area contributed by atoms with Gasteiger partial charge >= 0.3 is 0 Å². The Kier molecular flexibility index (Phi) is 8.24. The van der Waals surface area contributed by atoms with Crippen LogP contribution >= 0.6 is 24.8 Å². The Hall–Kier alpha value is -1.67. The van der Waals surface area contributed by atoms with Gasteiger partial charge in [-0.25, -0.2) is 4.68 Å². The van der Waals surface area contributed by atoms with Crippen LogP contribution in [0.4, 0.5) is 5.82 Å². The Labute approximate surface area is 178 Å². The van der Waals surface area contributed by atoms with Gasteiger partial charge in [-0.05, 0) is 37.3 Å². The van der Waals surface area contributed by atoms with Crippen LogP contribution in [0.3, 0.4) is 0 Å². The molecule has 7 nitrogen and oxygen atoms in total. The van der Waals surface area contributed by atoms with Crippen molar-refractivity contribution >= 4 is 36.5 Å². The summed E-state index contributed by atoms with van der Waals surface area (Å²) in [5, 5.41) is 10.9. The average molecular weight is 427 g/mol. The van der Waals surface area contributed by atoms with Gasteiger partial charge < -0.3 is 10.6 Å². The number of carbonyl (C=O) groups excluding carboxylic acids is 1. The molecule has 1 aliphatic carbocycles. The summed E-state index contributed by atoms with van der Waals surface area (Å²) in [6, 6.07) is 6.40. The van der Waals surface area contributed by atoms with Crippen molar-refractivity contribution in [2.45, 2.75) is 31.8 Å². The lowest BCUT2D eigenvalue weighted by Gasteiger charge is -2.35. The summed E-state index contributed by atoms with van der Waals surface area (Å²) >= 11 is 0. The number of carbonyl (C=O) groups is 1. The monoisotopic (exact) mass is 426 g/mol. The van der Waals surface area contributed by atoms with E-state index < -0.39 is 0 Å². The van der Waals surface area contributed by atoms with Crippen molar-refractivity contribution in [3.63, 3.8) is 0 Å². The average Bonchev–Trinajstić information content (AvgIpc) is 3.42. The van der Waals surface area contributed by atoms with Crippen LogP contribution in [-0.2, 0) is 4.79 Å². The van der Waals surface area contributed by atoms with Crippen LogP contribution in [0, 0.1) is 5.92 Å². The number of pyridine rings is 1. The second-order valence-corrected chi connectivity index (χ2v) is 7.26. The summed E-state index contributed by atoms with van der Waals surface area (Å²) < 4.78 is 1.95. The Morgan fingerprint density at radius 2 is 2.14 bits per heavy atom. The fourth-order valence-corrected chi connectivity index (χ4v) is 3.72. The predicted molar refractivity (Wildman–Crippen MR) is 114 cm³/mol. The third-order valence-electron chi connectivity index (χ3n) is 5.40. The van der Waals surface area contributed by atoms with Crippen LogP contribution in [-0.4, -0.2) is 51.8 Å². The van der Waals surface area contributed by atoms with Crippen molar-refractivity contribution in [3.8, 4) is 0 Å². The SMILES string of the molecule is CC(C1CC1)n1nccc1NC(=O)CN1CCNCC1c1cccnc1.Cl.Cl. The van der Waals surface area contributed by atoms with Crippen molar-refractivity contribution in [3.05, 3.63) is 42.4 Å². The van der Waals surface area contributed by atoms with Gasteiger partial charge in [0.25, 0.3) is 0 Å². The maximum atomic E-state index is 12.7. The highest BCUT2D eigenvalue weighted by atomic mass is 35.5. The standard InChI is InChI=1S/C19H26N6O.2ClH/c1-14(15-4-5-15)25-18(6-8-22-25)23-19(26)13-24-10-9-21-12-17(24)16-3-2-7-20-11-16;;/h2-3,6-8,11,14-15,17,21H,4-5,9-10,12-13H2,1H3,(H,23,26);2*1H. The zero-order valence-corrected chi connectivity index (χ0v) is 17.6. The topological polar surface area (TPSA) is 75.1 Å². The molecule has 0 aromatic carbocycles. The van der Waals surface area contributed by atoms with E-state index in [1.165, 1.54) is 12.8 Å². The summed E-state index contributed by atoms with van der Waals surface area (Å²) in [5.41, 5.74) is 1.14. The molecule has 2 unspecified atom stereocenters. The number of nitrogens with one attached hydrogen (secondary N) is 2. The van der Waals surface area contributed by atoms with Gasteiger partial charge in [-0.3, -0.25) is 14.7 Å². The van der Waals surface area contributed by atoms with Crippen molar-refractivity contribution in [2.24, 2.45) is 5.92 Å². The number of hydrogen-bond donors (Lipinski definition) is 2. The summed E-state index contributed by atoms with van der Waals surface area (Å²) in [7, 11) is 0.